The summed E-state index contributed by atoms with van der Waals surface area (Å²) in [6.07, 6.45) is 1.27. The van der Waals surface area contributed by atoms with Gasteiger partial charge in [0.05, 0.1) is 0 Å². The molecule has 0 bridgehead atoms. The van der Waals surface area contributed by atoms with Gasteiger partial charge in [-0.15, -0.1) is 10.2 Å². The Kier molecular flexibility index (Phi) is 5.69. The van der Waals surface area contributed by atoms with Gasteiger partial charge in [-0.25, -0.2) is 0 Å². The number of anilines is 1. The highest BCUT2D eigenvalue weighted by molar-refractivity contribution is 9.10. The van der Waals surface area contributed by atoms with Gasteiger partial charge in [0, 0.05) is 10.9 Å². The zero-order valence-corrected chi connectivity index (χ0v) is 14.2. The second-order valence-corrected chi connectivity index (χ2v) is 6.43. The van der Waals surface area contributed by atoms with E-state index in [2.05, 4.69) is 38.4 Å². The number of halogens is 1. The molecule has 0 fully saturated rings. The summed E-state index contributed by atoms with van der Waals surface area (Å²) in [5.41, 5.74) is 0. The number of rotatable bonds is 6. The maximum Gasteiger partial charge on any atom is 0.266 e. The number of aromatic nitrogens is 2. The summed E-state index contributed by atoms with van der Waals surface area (Å²) >= 11 is 4.75. The van der Waals surface area contributed by atoms with Crippen LogP contribution in [0.5, 0.6) is 5.75 Å². The fraction of sp³-hybridized carbons (Fsp3) is 0.357. The van der Waals surface area contributed by atoms with Gasteiger partial charge in [0.15, 0.2) is 6.10 Å². The van der Waals surface area contributed by atoms with Gasteiger partial charge >= 0.3 is 0 Å². The van der Waals surface area contributed by atoms with Crippen LogP contribution in [-0.4, -0.2) is 22.2 Å². The number of ether oxygens (including phenoxy) is 1. The molecular formula is C14H16BrN3O2S. The zero-order valence-electron chi connectivity index (χ0n) is 11.8. The molecule has 7 heteroatoms. The summed E-state index contributed by atoms with van der Waals surface area (Å²) in [6.45, 7) is 3.78. The number of carbonyl (C=O) groups excluding carboxylic acids is 1. The van der Waals surface area contributed by atoms with Crippen molar-refractivity contribution in [1.82, 2.24) is 10.2 Å². The van der Waals surface area contributed by atoms with E-state index in [1.807, 2.05) is 12.1 Å². The third-order valence-corrected chi connectivity index (χ3v) is 4.08. The average molecular weight is 370 g/mol. The molecule has 1 heterocycles. The van der Waals surface area contributed by atoms with Crippen LogP contribution in [0.25, 0.3) is 0 Å². The third-order valence-electron chi connectivity index (χ3n) is 2.66. The van der Waals surface area contributed by atoms with Gasteiger partial charge in [-0.05, 0) is 37.6 Å². The molecule has 112 valence electrons. The van der Waals surface area contributed by atoms with Crippen LogP contribution in [0.15, 0.2) is 28.7 Å². The molecule has 2 rings (SSSR count). The standard InChI is InChI=1S/C14H16BrN3O2S/c1-3-4-12-17-18-14(21-12)16-13(19)9(2)20-11-7-5-10(15)6-8-11/h5-9H,3-4H2,1-2H3,(H,16,18,19). The van der Waals surface area contributed by atoms with Crippen molar-refractivity contribution >= 4 is 38.3 Å². The number of nitrogens with one attached hydrogen (secondary N) is 1. The average Bonchev–Trinajstić information content (AvgIpc) is 2.89. The molecule has 1 amide bonds. The molecule has 21 heavy (non-hydrogen) atoms. The van der Waals surface area contributed by atoms with Gasteiger partial charge in [0.2, 0.25) is 5.13 Å². The normalized spacial score (nSPS) is 12.0. The fourth-order valence-corrected chi connectivity index (χ4v) is 2.71. The topological polar surface area (TPSA) is 64.1 Å². The molecule has 1 atom stereocenters. The Morgan fingerprint density at radius 2 is 2.10 bits per heavy atom. The maximum absolute atomic E-state index is 12.0. The first-order valence-electron chi connectivity index (χ1n) is 6.64. The van der Waals surface area contributed by atoms with Crippen LogP contribution in [0.4, 0.5) is 5.13 Å². The molecule has 1 aromatic heterocycles. The Morgan fingerprint density at radius 3 is 2.76 bits per heavy atom. The highest BCUT2D eigenvalue weighted by Gasteiger charge is 2.16. The van der Waals surface area contributed by atoms with E-state index in [0.717, 1.165) is 22.3 Å². The molecule has 0 spiro atoms. The van der Waals surface area contributed by atoms with Gasteiger partial charge in [-0.1, -0.05) is 34.2 Å². The van der Waals surface area contributed by atoms with Crippen molar-refractivity contribution in [2.45, 2.75) is 32.8 Å². The van der Waals surface area contributed by atoms with E-state index in [1.165, 1.54) is 11.3 Å². The monoisotopic (exact) mass is 369 g/mol. The van der Waals surface area contributed by atoms with Gasteiger partial charge in [-0.2, -0.15) is 0 Å². The summed E-state index contributed by atoms with van der Waals surface area (Å²) in [4.78, 5) is 12.0. The Hall–Kier alpha value is -1.47. The Bertz CT molecular complexity index is 601. The van der Waals surface area contributed by atoms with Crippen molar-refractivity contribution in [1.29, 1.82) is 0 Å². The van der Waals surface area contributed by atoms with Crippen LogP contribution in [-0.2, 0) is 11.2 Å². The molecule has 2 aromatic rings. The lowest BCUT2D eigenvalue weighted by molar-refractivity contribution is -0.122. The summed E-state index contributed by atoms with van der Waals surface area (Å²) in [6, 6.07) is 7.33. The fourth-order valence-electron chi connectivity index (χ4n) is 1.60. The van der Waals surface area contributed by atoms with Gasteiger partial charge in [0.25, 0.3) is 5.91 Å². The smallest absolute Gasteiger partial charge is 0.266 e. The lowest BCUT2D eigenvalue weighted by Crippen LogP contribution is -2.30. The van der Waals surface area contributed by atoms with E-state index >= 15 is 0 Å². The van der Waals surface area contributed by atoms with Crippen molar-refractivity contribution in [2.75, 3.05) is 5.32 Å². The minimum atomic E-state index is -0.607. The SMILES string of the molecule is CCCc1nnc(NC(=O)C(C)Oc2ccc(Br)cc2)s1. The molecule has 1 N–H and O–H groups in total. The second kappa shape index (κ2) is 7.51. The van der Waals surface area contributed by atoms with E-state index in [4.69, 9.17) is 4.74 Å². The number of nitrogens with zero attached hydrogens (tertiary/aromatic N) is 2. The lowest BCUT2D eigenvalue weighted by atomic mass is 10.3. The first kappa shape index (κ1) is 15.9. The van der Waals surface area contributed by atoms with Crippen molar-refractivity contribution in [3.63, 3.8) is 0 Å². The first-order valence-corrected chi connectivity index (χ1v) is 8.25. The maximum atomic E-state index is 12.0. The van der Waals surface area contributed by atoms with E-state index in [-0.39, 0.29) is 5.91 Å². The van der Waals surface area contributed by atoms with Crippen LogP contribution < -0.4 is 10.1 Å². The van der Waals surface area contributed by atoms with Crippen molar-refractivity contribution in [3.05, 3.63) is 33.7 Å². The number of benzene rings is 1. The van der Waals surface area contributed by atoms with E-state index in [9.17, 15) is 4.79 Å². The van der Waals surface area contributed by atoms with Crippen molar-refractivity contribution < 1.29 is 9.53 Å². The predicted molar refractivity (Wildman–Crippen MR) is 86.8 cm³/mol. The van der Waals surface area contributed by atoms with E-state index in [1.54, 1.807) is 19.1 Å². The molecular weight excluding hydrogens is 354 g/mol. The molecule has 5 nitrogen and oxygen atoms in total. The second-order valence-electron chi connectivity index (χ2n) is 4.45. The molecule has 1 unspecified atom stereocenters. The summed E-state index contributed by atoms with van der Waals surface area (Å²) < 4.78 is 6.54. The number of hydrogen-bond donors (Lipinski definition) is 1. The molecule has 0 aliphatic carbocycles. The van der Waals surface area contributed by atoms with Crippen molar-refractivity contribution in [3.8, 4) is 5.75 Å². The molecule has 0 radical (unpaired) electrons. The first-order chi connectivity index (χ1) is 10.1. The Balaban J connectivity index is 1.90. The predicted octanol–water partition coefficient (Wildman–Crippen LogP) is 3.66. The number of carbonyl (C=O) groups is 1. The molecule has 0 saturated carbocycles. The number of hydrogen-bond acceptors (Lipinski definition) is 5. The van der Waals surface area contributed by atoms with Crippen LogP contribution in [0.3, 0.4) is 0 Å². The van der Waals surface area contributed by atoms with Gasteiger partial charge in [0.1, 0.15) is 10.8 Å². The zero-order chi connectivity index (χ0) is 15.2. The van der Waals surface area contributed by atoms with Gasteiger partial charge in [-0.3, -0.25) is 10.1 Å². The molecule has 1 aromatic carbocycles. The minimum absolute atomic E-state index is 0.239. The molecule has 0 aliphatic rings. The number of aryl methyl sites for hydroxylation is 1. The van der Waals surface area contributed by atoms with Gasteiger partial charge < -0.3 is 4.74 Å². The van der Waals surface area contributed by atoms with Crippen molar-refractivity contribution in [2.24, 2.45) is 0 Å². The quantitative estimate of drug-likeness (QED) is 0.843. The van der Waals surface area contributed by atoms with Crippen LogP contribution in [0.1, 0.15) is 25.3 Å². The molecule has 0 aliphatic heterocycles. The van der Waals surface area contributed by atoms with Crippen LogP contribution in [0.2, 0.25) is 0 Å². The summed E-state index contributed by atoms with van der Waals surface area (Å²) in [7, 11) is 0. The Labute approximate surface area is 135 Å². The third kappa shape index (κ3) is 4.78. The van der Waals surface area contributed by atoms with E-state index in [0.29, 0.717) is 10.9 Å². The lowest BCUT2D eigenvalue weighted by Gasteiger charge is -2.13. The van der Waals surface area contributed by atoms with Crippen LogP contribution >= 0.6 is 27.3 Å². The summed E-state index contributed by atoms with van der Waals surface area (Å²) in [5.74, 6) is 0.405. The largest absolute Gasteiger partial charge is 0.481 e. The van der Waals surface area contributed by atoms with Crippen LogP contribution in [0, 0.1) is 0 Å². The molecule has 0 saturated heterocycles. The van der Waals surface area contributed by atoms with E-state index < -0.39 is 6.10 Å². The number of amides is 1. The minimum Gasteiger partial charge on any atom is -0.481 e. The highest BCUT2D eigenvalue weighted by atomic mass is 79.9. The Morgan fingerprint density at radius 1 is 1.38 bits per heavy atom. The highest BCUT2D eigenvalue weighted by Crippen LogP contribution is 2.19. The summed E-state index contributed by atoms with van der Waals surface area (Å²) in [5, 5.41) is 12.1.